The first-order valence-corrected chi connectivity index (χ1v) is 8.14. The highest BCUT2D eigenvalue weighted by Crippen LogP contribution is 2.23. The standard InChI is InChI=1S/C16H20Cl2N2O2/c1-10(2)19-16(22)12-7-15(21)20(9-12)6-5-11-3-4-13(17)8-14(11)18/h3-4,8,10,12H,5-7,9H2,1-2H3,(H,19,22). The third-order valence-electron chi connectivity index (χ3n) is 3.68. The van der Waals surface area contributed by atoms with Gasteiger partial charge < -0.3 is 10.2 Å². The van der Waals surface area contributed by atoms with Crippen molar-refractivity contribution in [3.63, 3.8) is 0 Å². The molecule has 1 fully saturated rings. The van der Waals surface area contributed by atoms with Crippen molar-refractivity contribution in [2.45, 2.75) is 32.7 Å². The van der Waals surface area contributed by atoms with E-state index in [9.17, 15) is 9.59 Å². The molecule has 4 nitrogen and oxygen atoms in total. The normalized spacial score (nSPS) is 18.1. The van der Waals surface area contributed by atoms with Crippen molar-refractivity contribution in [3.05, 3.63) is 33.8 Å². The SMILES string of the molecule is CC(C)NC(=O)C1CC(=O)N(CCc2ccc(Cl)cc2Cl)C1. The van der Waals surface area contributed by atoms with E-state index in [4.69, 9.17) is 23.2 Å². The van der Waals surface area contributed by atoms with Gasteiger partial charge in [-0.2, -0.15) is 0 Å². The summed E-state index contributed by atoms with van der Waals surface area (Å²) < 4.78 is 0. The van der Waals surface area contributed by atoms with E-state index in [1.165, 1.54) is 0 Å². The smallest absolute Gasteiger partial charge is 0.225 e. The van der Waals surface area contributed by atoms with Crippen LogP contribution in [0.4, 0.5) is 0 Å². The quantitative estimate of drug-likeness (QED) is 0.894. The van der Waals surface area contributed by atoms with Crippen LogP contribution in [0.3, 0.4) is 0 Å². The molecule has 2 rings (SSSR count). The average Bonchev–Trinajstić information content (AvgIpc) is 2.78. The van der Waals surface area contributed by atoms with E-state index in [0.717, 1.165) is 5.56 Å². The minimum Gasteiger partial charge on any atom is -0.354 e. The maximum absolute atomic E-state index is 12.0. The Bertz CT molecular complexity index is 575. The van der Waals surface area contributed by atoms with Gasteiger partial charge in [-0.15, -0.1) is 0 Å². The topological polar surface area (TPSA) is 49.4 Å². The van der Waals surface area contributed by atoms with Crippen molar-refractivity contribution < 1.29 is 9.59 Å². The highest BCUT2D eigenvalue weighted by atomic mass is 35.5. The van der Waals surface area contributed by atoms with Gasteiger partial charge in [0.2, 0.25) is 11.8 Å². The number of halogens is 2. The fourth-order valence-corrected chi connectivity index (χ4v) is 3.05. The Morgan fingerprint density at radius 1 is 1.41 bits per heavy atom. The fourth-order valence-electron chi connectivity index (χ4n) is 2.55. The van der Waals surface area contributed by atoms with Gasteiger partial charge in [0.25, 0.3) is 0 Å². The Labute approximate surface area is 140 Å². The summed E-state index contributed by atoms with van der Waals surface area (Å²) in [5.41, 5.74) is 0.953. The molecular formula is C16H20Cl2N2O2. The Morgan fingerprint density at radius 3 is 2.77 bits per heavy atom. The van der Waals surface area contributed by atoms with Crippen LogP contribution in [0.25, 0.3) is 0 Å². The van der Waals surface area contributed by atoms with Crippen LogP contribution in [0.1, 0.15) is 25.8 Å². The number of carbonyl (C=O) groups excluding carboxylic acids is 2. The summed E-state index contributed by atoms with van der Waals surface area (Å²) in [5, 5.41) is 4.06. The highest BCUT2D eigenvalue weighted by Gasteiger charge is 2.34. The van der Waals surface area contributed by atoms with Crippen molar-refractivity contribution in [2.24, 2.45) is 5.92 Å². The first-order valence-electron chi connectivity index (χ1n) is 7.39. The van der Waals surface area contributed by atoms with E-state index in [2.05, 4.69) is 5.32 Å². The number of nitrogens with one attached hydrogen (secondary N) is 1. The van der Waals surface area contributed by atoms with E-state index in [0.29, 0.717) is 29.6 Å². The first kappa shape index (κ1) is 17.1. The number of hydrogen-bond donors (Lipinski definition) is 1. The zero-order chi connectivity index (χ0) is 16.3. The predicted octanol–water partition coefficient (Wildman–Crippen LogP) is 2.91. The Morgan fingerprint density at radius 2 is 2.14 bits per heavy atom. The summed E-state index contributed by atoms with van der Waals surface area (Å²) in [4.78, 5) is 25.7. The lowest BCUT2D eigenvalue weighted by atomic mass is 10.1. The first-order chi connectivity index (χ1) is 10.4. The Kier molecular flexibility index (Phi) is 5.70. The molecule has 2 amide bonds. The molecule has 1 aliphatic heterocycles. The van der Waals surface area contributed by atoms with Gasteiger partial charge in [-0.05, 0) is 38.0 Å². The molecule has 0 bridgehead atoms. The molecule has 1 aromatic carbocycles. The van der Waals surface area contributed by atoms with E-state index in [1.807, 2.05) is 19.9 Å². The van der Waals surface area contributed by atoms with Crippen LogP contribution in [0, 0.1) is 5.92 Å². The summed E-state index contributed by atoms with van der Waals surface area (Å²) in [6, 6.07) is 5.44. The Balaban J connectivity index is 1.91. The maximum atomic E-state index is 12.0. The minimum atomic E-state index is -0.254. The minimum absolute atomic E-state index is 0.0222. The molecule has 1 heterocycles. The molecule has 0 saturated carbocycles. The molecule has 0 aromatic heterocycles. The van der Waals surface area contributed by atoms with Crippen LogP contribution in [0.15, 0.2) is 18.2 Å². The Hall–Kier alpha value is -1.26. The number of carbonyl (C=O) groups is 2. The second kappa shape index (κ2) is 7.34. The largest absolute Gasteiger partial charge is 0.354 e. The number of amides is 2. The zero-order valence-electron chi connectivity index (χ0n) is 12.7. The van der Waals surface area contributed by atoms with Crippen molar-refractivity contribution in [3.8, 4) is 0 Å². The van der Waals surface area contributed by atoms with E-state index in [1.54, 1.807) is 17.0 Å². The van der Waals surface area contributed by atoms with Gasteiger partial charge in [-0.1, -0.05) is 29.3 Å². The van der Waals surface area contributed by atoms with Crippen LogP contribution < -0.4 is 5.32 Å². The molecule has 1 unspecified atom stereocenters. The predicted molar refractivity (Wildman–Crippen MR) is 88.1 cm³/mol. The monoisotopic (exact) mass is 342 g/mol. The molecule has 1 aliphatic rings. The number of likely N-dealkylation sites (tertiary alicyclic amines) is 1. The maximum Gasteiger partial charge on any atom is 0.225 e. The summed E-state index contributed by atoms with van der Waals surface area (Å²) in [7, 11) is 0. The van der Waals surface area contributed by atoms with E-state index >= 15 is 0 Å². The third kappa shape index (κ3) is 4.37. The van der Waals surface area contributed by atoms with Crippen LogP contribution in [-0.4, -0.2) is 35.8 Å². The summed E-state index contributed by atoms with van der Waals surface area (Å²) >= 11 is 12.0. The lowest BCUT2D eigenvalue weighted by Gasteiger charge is -2.17. The van der Waals surface area contributed by atoms with Crippen LogP contribution in [0.5, 0.6) is 0 Å². The molecule has 1 saturated heterocycles. The molecular weight excluding hydrogens is 323 g/mol. The van der Waals surface area contributed by atoms with Gasteiger partial charge in [0, 0.05) is 35.6 Å². The molecule has 0 radical (unpaired) electrons. The number of hydrogen-bond acceptors (Lipinski definition) is 2. The van der Waals surface area contributed by atoms with Crippen LogP contribution in [0.2, 0.25) is 10.0 Å². The van der Waals surface area contributed by atoms with E-state index in [-0.39, 0.29) is 30.2 Å². The third-order valence-corrected chi connectivity index (χ3v) is 4.27. The molecule has 1 atom stereocenters. The highest BCUT2D eigenvalue weighted by molar-refractivity contribution is 6.35. The van der Waals surface area contributed by atoms with Gasteiger partial charge >= 0.3 is 0 Å². The van der Waals surface area contributed by atoms with Gasteiger partial charge in [-0.25, -0.2) is 0 Å². The van der Waals surface area contributed by atoms with Gasteiger partial charge in [-0.3, -0.25) is 9.59 Å². The molecule has 120 valence electrons. The van der Waals surface area contributed by atoms with Crippen LogP contribution in [-0.2, 0) is 16.0 Å². The van der Waals surface area contributed by atoms with Crippen molar-refractivity contribution in [1.29, 1.82) is 0 Å². The van der Waals surface area contributed by atoms with Gasteiger partial charge in [0.1, 0.15) is 0 Å². The number of rotatable bonds is 5. The summed E-state index contributed by atoms with van der Waals surface area (Å²) in [6.45, 7) is 4.86. The number of benzene rings is 1. The lowest BCUT2D eigenvalue weighted by Crippen LogP contribution is -2.37. The van der Waals surface area contributed by atoms with Crippen molar-refractivity contribution >= 4 is 35.0 Å². The van der Waals surface area contributed by atoms with Crippen LogP contribution >= 0.6 is 23.2 Å². The average molecular weight is 343 g/mol. The molecule has 1 aromatic rings. The number of nitrogens with zero attached hydrogens (tertiary/aromatic N) is 1. The van der Waals surface area contributed by atoms with Crippen molar-refractivity contribution in [1.82, 2.24) is 10.2 Å². The summed E-state index contributed by atoms with van der Waals surface area (Å²) in [6.07, 6.45) is 0.938. The van der Waals surface area contributed by atoms with Gasteiger partial charge in [0.05, 0.1) is 5.92 Å². The molecule has 0 aliphatic carbocycles. The molecule has 1 N–H and O–H groups in total. The molecule has 0 spiro atoms. The second-order valence-electron chi connectivity index (χ2n) is 5.89. The second-order valence-corrected chi connectivity index (χ2v) is 6.73. The molecule has 22 heavy (non-hydrogen) atoms. The van der Waals surface area contributed by atoms with Gasteiger partial charge in [0.15, 0.2) is 0 Å². The zero-order valence-corrected chi connectivity index (χ0v) is 14.2. The van der Waals surface area contributed by atoms with Crippen molar-refractivity contribution in [2.75, 3.05) is 13.1 Å². The lowest BCUT2D eigenvalue weighted by molar-refractivity contribution is -0.129. The fraction of sp³-hybridized carbons (Fsp3) is 0.500. The van der Waals surface area contributed by atoms with E-state index < -0.39 is 0 Å². The summed E-state index contributed by atoms with van der Waals surface area (Å²) in [5.74, 6) is -0.278. The molecule has 6 heteroatoms.